The summed E-state index contributed by atoms with van der Waals surface area (Å²) in [6.07, 6.45) is 5.07. The van der Waals surface area contributed by atoms with Gasteiger partial charge in [-0.1, -0.05) is 39.0 Å². The predicted octanol–water partition coefficient (Wildman–Crippen LogP) is 3.90. The van der Waals surface area contributed by atoms with E-state index in [2.05, 4.69) is 50.4 Å². The van der Waals surface area contributed by atoms with Gasteiger partial charge in [0.05, 0.1) is 6.61 Å². The molecular formula is C17H27NO. The molecule has 0 heterocycles. The molecule has 0 spiro atoms. The maximum atomic E-state index is 5.96. The van der Waals surface area contributed by atoms with Gasteiger partial charge in [-0.3, -0.25) is 0 Å². The van der Waals surface area contributed by atoms with Crippen LogP contribution in [-0.2, 0) is 5.41 Å². The molecule has 1 fully saturated rings. The van der Waals surface area contributed by atoms with Crippen LogP contribution in [0.4, 0.5) is 0 Å². The molecule has 0 saturated heterocycles. The highest BCUT2D eigenvalue weighted by atomic mass is 16.5. The minimum absolute atomic E-state index is 0.143. The van der Waals surface area contributed by atoms with E-state index >= 15 is 0 Å². The fourth-order valence-electron chi connectivity index (χ4n) is 2.21. The quantitative estimate of drug-likeness (QED) is 0.752. The standard InChI is InChI=1S/C17H27NO/c1-17(2,3)15-8-4-5-9-16(15)19-13-7-6-12-18-14-10-11-14/h4-5,8-9,14,18H,6-7,10-13H2,1-3H3. The highest BCUT2D eigenvalue weighted by molar-refractivity contribution is 5.38. The van der Waals surface area contributed by atoms with Crippen LogP contribution < -0.4 is 10.1 Å². The smallest absolute Gasteiger partial charge is 0.123 e. The highest BCUT2D eigenvalue weighted by Gasteiger charge is 2.19. The van der Waals surface area contributed by atoms with Gasteiger partial charge in [0, 0.05) is 6.04 Å². The van der Waals surface area contributed by atoms with Crippen molar-refractivity contribution < 1.29 is 4.74 Å². The lowest BCUT2D eigenvalue weighted by Gasteiger charge is -2.22. The van der Waals surface area contributed by atoms with E-state index in [0.29, 0.717) is 0 Å². The van der Waals surface area contributed by atoms with E-state index in [1.807, 2.05) is 0 Å². The van der Waals surface area contributed by atoms with Gasteiger partial charge in [0.2, 0.25) is 0 Å². The zero-order valence-corrected chi connectivity index (χ0v) is 12.5. The van der Waals surface area contributed by atoms with Gasteiger partial charge in [-0.2, -0.15) is 0 Å². The van der Waals surface area contributed by atoms with Crippen LogP contribution in [0.3, 0.4) is 0 Å². The van der Waals surface area contributed by atoms with Crippen LogP contribution in [0.15, 0.2) is 24.3 Å². The molecule has 2 heteroatoms. The van der Waals surface area contributed by atoms with E-state index in [-0.39, 0.29) is 5.41 Å². The maximum Gasteiger partial charge on any atom is 0.123 e. The van der Waals surface area contributed by atoms with Crippen molar-refractivity contribution in [2.45, 2.75) is 57.9 Å². The molecule has 0 radical (unpaired) electrons. The summed E-state index contributed by atoms with van der Waals surface area (Å²) in [5, 5.41) is 3.54. The summed E-state index contributed by atoms with van der Waals surface area (Å²) in [7, 11) is 0. The minimum Gasteiger partial charge on any atom is -0.493 e. The molecule has 0 aliphatic heterocycles. The summed E-state index contributed by atoms with van der Waals surface area (Å²) in [4.78, 5) is 0. The summed E-state index contributed by atoms with van der Waals surface area (Å²) < 4.78 is 5.96. The molecule has 1 aromatic rings. The first kappa shape index (κ1) is 14.4. The predicted molar refractivity (Wildman–Crippen MR) is 80.9 cm³/mol. The normalized spacial score (nSPS) is 15.5. The molecule has 1 aliphatic rings. The molecule has 0 unspecified atom stereocenters. The second-order valence-electron chi connectivity index (χ2n) is 6.53. The van der Waals surface area contributed by atoms with E-state index in [4.69, 9.17) is 4.74 Å². The average molecular weight is 261 g/mol. The van der Waals surface area contributed by atoms with Gasteiger partial charge in [0.1, 0.15) is 5.75 Å². The molecule has 0 bridgehead atoms. The molecule has 106 valence electrons. The minimum atomic E-state index is 0.143. The number of nitrogens with one attached hydrogen (secondary N) is 1. The Morgan fingerprint density at radius 3 is 2.58 bits per heavy atom. The number of para-hydroxylation sites is 1. The summed E-state index contributed by atoms with van der Waals surface area (Å²) >= 11 is 0. The first-order chi connectivity index (χ1) is 9.07. The third-order valence-corrected chi connectivity index (χ3v) is 3.53. The summed E-state index contributed by atoms with van der Waals surface area (Å²) in [5.74, 6) is 1.05. The van der Waals surface area contributed by atoms with Crippen molar-refractivity contribution in [1.29, 1.82) is 0 Å². The zero-order valence-electron chi connectivity index (χ0n) is 12.5. The molecule has 1 aliphatic carbocycles. The lowest BCUT2D eigenvalue weighted by Crippen LogP contribution is -2.18. The Morgan fingerprint density at radius 1 is 1.16 bits per heavy atom. The van der Waals surface area contributed by atoms with Crippen molar-refractivity contribution in [2.75, 3.05) is 13.2 Å². The van der Waals surface area contributed by atoms with Crippen LogP contribution >= 0.6 is 0 Å². The van der Waals surface area contributed by atoms with Crippen LogP contribution in [-0.4, -0.2) is 19.2 Å². The second kappa shape index (κ2) is 6.42. The van der Waals surface area contributed by atoms with Crippen molar-refractivity contribution in [3.8, 4) is 5.75 Å². The third-order valence-electron chi connectivity index (χ3n) is 3.53. The molecule has 2 nitrogen and oxygen atoms in total. The maximum absolute atomic E-state index is 5.96. The Labute approximate surface area is 117 Å². The number of ether oxygens (including phenoxy) is 1. The summed E-state index contributed by atoms with van der Waals surface area (Å²) in [6.45, 7) is 8.65. The molecule has 2 rings (SSSR count). The Hall–Kier alpha value is -1.02. The Kier molecular flexibility index (Phi) is 4.87. The molecule has 19 heavy (non-hydrogen) atoms. The van der Waals surface area contributed by atoms with E-state index < -0.39 is 0 Å². The van der Waals surface area contributed by atoms with Crippen molar-refractivity contribution in [2.24, 2.45) is 0 Å². The third kappa shape index (κ3) is 4.87. The molecule has 1 aromatic carbocycles. The lowest BCUT2D eigenvalue weighted by molar-refractivity contribution is 0.298. The van der Waals surface area contributed by atoms with Crippen LogP contribution in [0.2, 0.25) is 0 Å². The van der Waals surface area contributed by atoms with Gasteiger partial charge in [0.15, 0.2) is 0 Å². The fourth-order valence-corrected chi connectivity index (χ4v) is 2.21. The van der Waals surface area contributed by atoms with Gasteiger partial charge in [0.25, 0.3) is 0 Å². The Morgan fingerprint density at radius 2 is 1.89 bits per heavy atom. The topological polar surface area (TPSA) is 21.3 Å². The van der Waals surface area contributed by atoms with E-state index in [9.17, 15) is 0 Å². The van der Waals surface area contributed by atoms with Gasteiger partial charge in [-0.15, -0.1) is 0 Å². The monoisotopic (exact) mass is 261 g/mol. The largest absolute Gasteiger partial charge is 0.493 e. The molecule has 0 amide bonds. The van der Waals surface area contributed by atoms with Crippen LogP contribution in [0.5, 0.6) is 5.75 Å². The van der Waals surface area contributed by atoms with Crippen molar-refractivity contribution in [1.82, 2.24) is 5.32 Å². The number of hydrogen-bond acceptors (Lipinski definition) is 2. The van der Waals surface area contributed by atoms with Crippen molar-refractivity contribution in [3.63, 3.8) is 0 Å². The van der Waals surface area contributed by atoms with Crippen molar-refractivity contribution in [3.05, 3.63) is 29.8 Å². The van der Waals surface area contributed by atoms with Crippen LogP contribution in [0.25, 0.3) is 0 Å². The van der Waals surface area contributed by atoms with Gasteiger partial charge in [-0.25, -0.2) is 0 Å². The molecule has 0 aromatic heterocycles. The first-order valence-corrected chi connectivity index (χ1v) is 7.53. The molecule has 1 N–H and O–H groups in total. The Balaban J connectivity index is 1.72. The highest BCUT2D eigenvalue weighted by Crippen LogP contribution is 2.30. The zero-order chi connectivity index (χ0) is 13.7. The number of hydrogen-bond donors (Lipinski definition) is 1. The van der Waals surface area contributed by atoms with Gasteiger partial charge < -0.3 is 10.1 Å². The molecule has 0 atom stereocenters. The number of rotatable bonds is 7. The van der Waals surface area contributed by atoms with Crippen LogP contribution in [0, 0.1) is 0 Å². The number of unbranched alkanes of at least 4 members (excludes halogenated alkanes) is 1. The Bertz CT molecular complexity index is 390. The molecular weight excluding hydrogens is 234 g/mol. The second-order valence-corrected chi connectivity index (χ2v) is 6.53. The summed E-state index contributed by atoms with van der Waals surface area (Å²) in [5.41, 5.74) is 1.44. The average Bonchev–Trinajstić information content (AvgIpc) is 3.17. The van der Waals surface area contributed by atoms with Gasteiger partial charge >= 0.3 is 0 Å². The van der Waals surface area contributed by atoms with Crippen LogP contribution in [0.1, 0.15) is 52.0 Å². The van der Waals surface area contributed by atoms with E-state index in [0.717, 1.165) is 31.4 Å². The van der Waals surface area contributed by atoms with E-state index in [1.165, 1.54) is 24.8 Å². The SMILES string of the molecule is CC(C)(C)c1ccccc1OCCCCNC1CC1. The van der Waals surface area contributed by atoms with E-state index in [1.54, 1.807) is 0 Å². The lowest BCUT2D eigenvalue weighted by atomic mass is 9.86. The molecule has 1 saturated carbocycles. The summed E-state index contributed by atoms with van der Waals surface area (Å²) in [6, 6.07) is 9.22. The first-order valence-electron chi connectivity index (χ1n) is 7.53. The fraction of sp³-hybridized carbons (Fsp3) is 0.647. The van der Waals surface area contributed by atoms with Crippen molar-refractivity contribution >= 4 is 0 Å². The van der Waals surface area contributed by atoms with Gasteiger partial charge in [-0.05, 0) is 49.3 Å². The number of benzene rings is 1.